The molecule has 0 saturated carbocycles. The van der Waals surface area contributed by atoms with E-state index in [2.05, 4.69) is 111 Å². The second-order valence-electron chi connectivity index (χ2n) is 18.3. The van der Waals surface area contributed by atoms with E-state index in [1.807, 2.05) is 0 Å². The van der Waals surface area contributed by atoms with Crippen molar-refractivity contribution in [3.63, 3.8) is 0 Å². The van der Waals surface area contributed by atoms with E-state index in [0.29, 0.717) is 12.8 Å². The molecule has 410 valence electrons. The van der Waals surface area contributed by atoms with Crippen LogP contribution in [0.2, 0.25) is 0 Å². The van der Waals surface area contributed by atoms with Crippen LogP contribution in [0, 0.1) is 0 Å². The monoisotopic (exact) mass is 1020 g/mol. The Labute approximate surface area is 430 Å². The topological polar surface area (TPSA) is 231 Å². The van der Waals surface area contributed by atoms with Crippen LogP contribution < -0.4 is 0 Å². The Balaban J connectivity index is 1.81. The van der Waals surface area contributed by atoms with Crippen LogP contribution >= 0.6 is 0 Å². The highest BCUT2D eigenvalue weighted by molar-refractivity contribution is 5.70. The molecule has 11 atom stereocenters. The summed E-state index contributed by atoms with van der Waals surface area (Å²) in [6, 6.07) is 0. The van der Waals surface area contributed by atoms with Gasteiger partial charge in [0.2, 0.25) is 0 Å². The summed E-state index contributed by atoms with van der Waals surface area (Å²) in [4.78, 5) is 25.8. The highest BCUT2D eigenvalue weighted by Gasteiger charge is 2.47. The van der Waals surface area contributed by atoms with Gasteiger partial charge in [-0.2, -0.15) is 0 Å². The van der Waals surface area contributed by atoms with E-state index < -0.39 is 99.3 Å². The highest BCUT2D eigenvalue weighted by atomic mass is 16.7. The summed E-state index contributed by atoms with van der Waals surface area (Å²) >= 11 is 0. The standard InChI is InChI=1S/C57H92O15/c1-3-5-7-9-11-13-15-17-19-21-22-24-26-28-30-32-34-36-38-40-49(60)70-45(42-67-48(59)39-37-35-33-31-29-27-25-23-20-18-16-14-12-10-8-6-4-2)43-68-56-55(66)53(64)51(62)47(72-56)44-69-57-54(65)52(63)50(61)46(41-58)71-57/h5-8,11-14,17-20,22,24-25,27,45-47,50-58,61-66H,3-4,9-10,15-16,21,23,26,28-44H2,1-2H3/b7-5-,8-6-,13-11-,14-12-,19-17-,20-18-,24-22-,27-25-. The molecule has 7 N–H and O–H groups in total. The Bertz CT molecular complexity index is 1620. The number of aliphatic hydroxyl groups is 7. The van der Waals surface area contributed by atoms with Gasteiger partial charge in [-0.15, -0.1) is 0 Å². The molecule has 0 aromatic carbocycles. The quantitative estimate of drug-likeness (QED) is 0.0174. The van der Waals surface area contributed by atoms with Crippen molar-refractivity contribution in [2.24, 2.45) is 0 Å². The smallest absolute Gasteiger partial charge is 0.306 e. The Kier molecular flexibility index (Phi) is 38.3. The van der Waals surface area contributed by atoms with Crippen LogP contribution in [0.1, 0.15) is 155 Å². The Morgan fingerprint density at radius 2 is 0.833 bits per heavy atom. The first-order valence-electron chi connectivity index (χ1n) is 26.8. The second-order valence-corrected chi connectivity index (χ2v) is 18.3. The van der Waals surface area contributed by atoms with Crippen LogP contribution in [0.5, 0.6) is 0 Å². The summed E-state index contributed by atoms with van der Waals surface area (Å²) < 4.78 is 33.6. The number of carbonyl (C=O) groups excluding carboxylic acids is 2. The van der Waals surface area contributed by atoms with Gasteiger partial charge in [-0.3, -0.25) is 9.59 Å². The van der Waals surface area contributed by atoms with Gasteiger partial charge in [0.05, 0.1) is 19.8 Å². The van der Waals surface area contributed by atoms with Crippen molar-refractivity contribution >= 4 is 11.9 Å². The Morgan fingerprint density at radius 3 is 1.31 bits per heavy atom. The molecule has 2 aliphatic rings. The number of esters is 2. The van der Waals surface area contributed by atoms with Gasteiger partial charge < -0.3 is 64.2 Å². The van der Waals surface area contributed by atoms with Crippen LogP contribution in [0.4, 0.5) is 0 Å². The lowest BCUT2D eigenvalue weighted by Gasteiger charge is -2.42. The molecule has 2 fully saturated rings. The molecule has 72 heavy (non-hydrogen) atoms. The molecule has 2 heterocycles. The Morgan fingerprint density at radius 1 is 0.444 bits per heavy atom. The van der Waals surface area contributed by atoms with Crippen molar-refractivity contribution in [1.82, 2.24) is 0 Å². The van der Waals surface area contributed by atoms with Gasteiger partial charge >= 0.3 is 11.9 Å². The maximum atomic E-state index is 13.0. The van der Waals surface area contributed by atoms with Crippen molar-refractivity contribution in [2.45, 2.75) is 223 Å². The fourth-order valence-electron chi connectivity index (χ4n) is 7.73. The maximum Gasteiger partial charge on any atom is 0.306 e. The van der Waals surface area contributed by atoms with Gasteiger partial charge in [-0.05, 0) is 89.9 Å². The van der Waals surface area contributed by atoms with Crippen LogP contribution in [-0.4, -0.2) is 142 Å². The van der Waals surface area contributed by atoms with Crippen molar-refractivity contribution in [1.29, 1.82) is 0 Å². The van der Waals surface area contributed by atoms with Gasteiger partial charge in [0.15, 0.2) is 18.7 Å². The van der Waals surface area contributed by atoms with E-state index in [4.69, 9.17) is 28.4 Å². The SMILES string of the molecule is CC/C=C\C/C=C\C/C=C\C/C=C\CCCCCCCCC(=O)OC(COC(=O)CCCCCC/C=C\C/C=C\C/C=C\C/C=C\CC)COC1OC(COC2OC(CO)C(O)C(O)C2O)C(O)C(O)C1O. The molecule has 0 amide bonds. The molecule has 2 rings (SSSR count). The minimum absolute atomic E-state index is 0.137. The summed E-state index contributed by atoms with van der Waals surface area (Å²) in [6.07, 6.45) is 37.1. The van der Waals surface area contributed by atoms with Crippen LogP contribution in [0.3, 0.4) is 0 Å². The molecule has 11 unspecified atom stereocenters. The number of hydrogen-bond acceptors (Lipinski definition) is 15. The molecular formula is C57H92O15. The minimum Gasteiger partial charge on any atom is -0.462 e. The molecule has 2 aliphatic heterocycles. The first-order chi connectivity index (χ1) is 35.0. The van der Waals surface area contributed by atoms with Crippen molar-refractivity contribution < 1.29 is 73.8 Å². The zero-order valence-electron chi connectivity index (χ0n) is 43.4. The third-order valence-electron chi connectivity index (χ3n) is 12.1. The van der Waals surface area contributed by atoms with Crippen LogP contribution in [0.15, 0.2) is 97.2 Å². The molecule has 0 aromatic heterocycles. The van der Waals surface area contributed by atoms with Crippen LogP contribution in [-0.2, 0) is 38.0 Å². The third-order valence-corrected chi connectivity index (χ3v) is 12.1. The Hall–Kier alpha value is -3.58. The molecule has 0 bridgehead atoms. The van der Waals surface area contributed by atoms with E-state index in [9.17, 15) is 45.3 Å². The van der Waals surface area contributed by atoms with Crippen molar-refractivity contribution in [3.8, 4) is 0 Å². The minimum atomic E-state index is -1.78. The molecule has 2 saturated heterocycles. The fourth-order valence-corrected chi connectivity index (χ4v) is 7.73. The van der Waals surface area contributed by atoms with Gasteiger partial charge in [0, 0.05) is 12.8 Å². The number of hydrogen-bond donors (Lipinski definition) is 7. The average Bonchev–Trinajstić information content (AvgIpc) is 3.37. The lowest BCUT2D eigenvalue weighted by Crippen LogP contribution is -2.61. The second kappa shape index (κ2) is 42.7. The molecular weight excluding hydrogens is 925 g/mol. The largest absolute Gasteiger partial charge is 0.462 e. The number of aliphatic hydroxyl groups excluding tert-OH is 7. The fraction of sp³-hybridized carbons (Fsp3) is 0.684. The van der Waals surface area contributed by atoms with E-state index in [-0.39, 0.29) is 19.4 Å². The summed E-state index contributed by atoms with van der Waals surface area (Å²) in [5.74, 6) is -0.978. The van der Waals surface area contributed by atoms with E-state index >= 15 is 0 Å². The van der Waals surface area contributed by atoms with Gasteiger partial charge in [-0.25, -0.2) is 0 Å². The zero-order chi connectivity index (χ0) is 52.4. The summed E-state index contributed by atoms with van der Waals surface area (Å²) in [6.45, 7) is 2.31. The molecule has 0 aromatic rings. The number of rotatable bonds is 40. The molecule has 15 heteroatoms. The van der Waals surface area contributed by atoms with E-state index in [0.717, 1.165) is 116 Å². The predicted octanol–water partition coefficient (Wildman–Crippen LogP) is 8.15. The van der Waals surface area contributed by atoms with Crippen molar-refractivity contribution in [3.05, 3.63) is 97.2 Å². The van der Waals surface area contributed by atoms with Crippen molar-refractivity contribution in [2.75, 3.05) is 26.4 Å². The normalized spacial score (nSPS) is 25.8. The predicted molar refractivity (Wildman–Crippen MR) is 279 cm³/mol. The number of unbranched alkanes of at least 4 members (excludes halogenated alkanes) is 10. The summed E-state index contributed by atoms with van der Waals surface area (Å²) in [7, 11) is 0. The highest BCUT2D eigenvalue weighted by Crippen LogP contribution is 2.26. The summed E-state index contributed by atoms with van der Waals surface area (Å²) in [5, 5.41) is 72.2. The van der Waals surface area contributed by atoms with E-state index in [1.165, 1.54) is 0 Å². The molecule has 0 spiro atoms. The maximum absolute atomic E-state index is 13.0. The molecule has 0 radical (unpaired) electrons. The molecule has 0 aliphatic carbocycles. The number of allylic oxidation sites excluding steroid dienone is 16. The lowest BCUT2D eigenvalue weighted by molar-refractivity contribution is -0.332. The van der Waals surface area contributed by atoms with Gasteiger partial charge in [0.25, 0.3) is 0 Å². The van der Waals surface area contributed by atoms with Crippen LogP contribution in [0.25, 0.3) is 0 Å². The summed E-state index contributed by atoms with van der Waals surface area (Å²) in [5.41, 5.74) is 0. The first-order valence-corrected chi connectivity index (χ1v) is 26.8. The van der Waals surface area contributed by atoms with Gasteiger partial charge in [-0.1, -0.05) is 150 Å². The first kappa shape index (κ1) is 64.5. The lowest BCUT2D eigenvalue weighted by atomic mass is 9.98. The third kappa shape index (κ3) is 30.0. The number of ether oxygens (including phenoxy) is 6. The van der Waals surface area contributed by atoms with Gasteiger partial charge in [0.1, 0.15) is 55.4 Å². The average molecular weight is 1020 g/mol. The zero-order valence-corrected chi connectivity index (χ0v) is 43.4. The van der Waals surface area contributed by atoms with E-state index in [1.54, 1.807) is 0 Å². The number of carbonyl (C=O) groups is 2. The molecule has 15 nitrogen and oxygen atoms in total.